The van der Waals surface area contributed by atoms with Gasteiger partial charge in [0.15, 0.2) is 0 Å². The van der Waals surface area contributed by atoms with E-state index in [1.165, 1.54) is 0 Å². The molecule has 0 spiro atoms. The van der Waals surface area contributed by atoms with Gasteiger partial charge >= 0.3 is 0 Å². The third-order valence-electron chi connectivity index (χ3n) is 4.48. The van der Waals surface area contributed by atoms with Crippen molar-refractivity contribution in [1.29, 1.82) is 0 Å². The molecule has 1 aromatic heterocycles. The van der Waals surface area contributed by atoms with Gasteiger partial charge < -0.3 is 15.4 Å². The van der Waals surface area contributed by atoms with Crippen molar-refractivity contribution >= 4 is 5.91 Å². The Hall–Kier alpha value is -1.69. The number of nitrogens with zero attached hydrogens (tertiary/aromatic N) is 1. The summed E-state index contributed by atoms with van der Waals surface area (Å²) in [7, 11) is 0. The van der Waals surface area contributed by atoms with E-state index in [4.69, 9.17) is 0 Å². The summed E-state index contributed by atoms with van der Waals surface area (Å²) in [5.41, 5.74) is 0.651. The first-order valence-corrected chi connectivity index (χ1v) is 7.81. The molecule has 1 amide bonds. The first-order chi connectivity index (χ1) is 10.4. The summed E-state index contributed by atoms with van der Waals surface area (Å²) in [4.78, 5) is 30.8. The monoisotopic (exact) mass is 309 g/mol. The van der Waals surface area contributed by atoms with Crippen LogP contribution >= 0.6 is 0 Å². The minimum absolute atomic E-state index is 0.0249. The summed E-state index contributed by atoms with van der Waals surface area (Å²) < 4.78 is 0. The van der Waals surface area contributed by atoms with Crippen LogP contribution in [0, 0.1) is 19.3 Å². The molecule has 0 bridgehead atoms. The van der Waals surface area contributed by atoms with Crippen molar-refractivity contribution in [3.63, 3.8) is 0 Å². The Kier molecular flexibility index (Phi) is 6.74. The lowest BCUT2D eigenvalue weighted by Crippen LogP contribution is -2.39. The number of hydrogen-bond acceptors (Lipinski definition) is 4. The van der Waals surface area contributed by atoms with Crippen molar-refractivity contribution in [2.45, 2.75) is 53.4 Å². The Bertz CT molecular complexity index is 562. The van der Waals surface area contributed by atoms with Crippen LogP contribution in [0.4, 0.5) is 0 Å². The third-order valence-corrected chi connectivity index (χ3v) is 4.48. The highest BCUT2D eigenvalue weighted by molar-refractivity contribution is 5.78. The zero-order valence-electron chi connectivity index (χ0n) is 14.0. The highest BCUT2D eigenvalue weighted by Gasteiger charge is 2.26. The van der Waals surface area contributed by atoms with E-state index in [1.54, 1.807) is 13.8 Å². The molecule has 0 fully saturated rings. The van der Waals surface area contributed by atoms with Gasteiger partial charge in [-0.2, -0.15) is 0 Å². The highest BCUT2D eigenvalue weighted by Crippen LogP contribution is 2.29. The molecular weight excluding hydrogens is 282 g/mol. The Labute approximate surface area is 131 Å². The Morgan fingerprint density at radius 2 is 1.95 bits per heavy atom. The number of aryl methyl sites for hydroxylation is 2. The topological polar surface area (TPSA) is 95.1 Å². The van der Waals surface area contributed by atoms with Crippen molar-refractivity contribution in [3.05, 3.63) is 27.4 Å². The van der Waals surface area contributed by atoms with Crippen molar-refractivity contribution in [2.75, 3.05) is 13.2 Å². The number of aromatic nitrogens is 2. The summed E-state index contributed by atoms with van der Waals surface area (Å²) in [6, 6.07) is 0. The molecule has 0 aromatic carbocycles. The first-order valence-electron chi connectivity index (χ1n) is 7.81. The molecule has 1 aromatic rings. The molecule has 6 heteroatoms. The first kappa shape index (κ1) is 18.4. The molecule has 0 aliphatic heterocycles. The molecule has 0 unspecified atom stereocenters. The summed E-state index contributed by atoms with van der Waals surface area (Å²) in [6.07, 6.45) is 2.45. The minimum atomic E-state index is -0.257. The van der Waals surface area contributed by atoms with Gasteiger partial charge in [-0.05, 0) is 38.5 Å². The van der Waals surface area contributed by atoms with Crippen molar-refractivity contribution in [2.24, 2.45) is 5.41 Å². The van der Waals surface area contributed by atoms with E-state index in [-0.39, 0.29) is 29.9 Å². The fourth-order valence-electron chi connectivity index (χ4n) is 2.65. The van der Waals surface area contributed by atoms with Crippen LogP contribution in [0.3, 0.4) is 0 Å². The van der Waals surface area contributed by atoms with E-state index >= 15 is 0 Å². The van der Waals surface area contributed by atoms with E-state index in [2.05, 4.69) is 29.1 Å². The van der Waals surface area contributed by atoms with Gasteiger partial charge in [0, 0.05) is 24.4 Å². The Balaban J connectivity index is 2.73. The van der Waals surface area contributed by atoms with Gasteiger partial charge in [-0.1, -0.05) is 13.8 Å². The zero-order valence-corrected chi connectivity index (χ0v) is 14.0. The van der Waals surface area contributed by atoms with E-state index in [1.807, 2.05) is 0 Å². The number of nitrogens with one attached hydrogen (secondary N) is 2. The number of rotatable bonds is 8. The summed E-state index contributed by atoms with van der Waals surface area (Å²) in [5.74, 6) is 0.356. The number of carbonyl (C=O) groups excluding carboxylic acids is 1. The van der Waals surface area contributed by atoms with Gasteiger partial charge in [-0.15, -0.1) is 0 Å². The van der Waals surface area contributed by atoms with Crippen LogP contribution in [0.2, 0.25) is 0 Å². The van der Waals surface area contributed by atoms with Crippen LogP contribution in [0.15, 0.2) is 4.79 Å². The Morgan fingerprint density at radius 3 is 2.45 bits per heavy atom. The van der Waals surface area contributed by atoms with Crippen LogP contribution in [-0.4, -0.2) is 34.1 Å². The molecule has 124 valence electrons. The van der Waals surface area contributed by atoms with Gasteiger partial charge in [0.05, 0.1) is 6.42 Å². The smallest absolute Gasteiger partial charge is 0.254 e. The lowest BCUT2D eigenvalue weighted by Gasteiger charge is -2.31. The average molecular weight is 309 g/mol. The molecule has 0 aliphatic rings. The van der Waals surface area contributed by atoms with Gasteiger partial charge in [-0.25, -0.2) is 4.98 Å². The SMILES string of the molecule is CCC(CC)(CCO)CNC(=O)Cc1c(C)nc(C)[nH]c1=O. The zero-order chi connectivity index (χ0) is 16.8. The second-order valence-corrected chi connectivity index (χ2v) is 5.85. The summed E-state index contributed by atoms with van der Waals surface area (Å²) in [5, 5.41) is 12.1. The van der Waals surface area contributed by atoms with Crippen LogP contribution in [0.5, 0.6) is 0 Å². The largest absolute Gasteiger partial charge is 0.396 e. The quantitative estimate of drug-likeness (QED) is 0.673. The highest BCUT2D eigenvalue weighted by atomic mass is 16.3. The van der Waals surface area contributed by atoms with Gasteiger partial charge in [-0.3, -0.25) is 9.59 Å². The Morgan fingerprint density at radius 1 is 1.32 bits per heavy atom. The standard InChI is InChI=1S/C16H27N3O3/c1-5-16(6-2,7-8-20)10-17-14(21)9-13-11(3)18-12(4)19-15(13)22/h20H,5-10H2,1-4H3,(H,17,21)(H,18,19,22). The number of hydrogen-bond donors (Lipinski definition) is 3. The number of amides is 1. The number of aromatic amines is 1. The number of H-pyrrole nitrogens is 1. The van der Waals surface area contributed by atoms with E-state index < -0.39 is 0 Å². The van der Waals surface area contributed by atoms with Crippen molar-refractivity contribution < 1.29 is 9.90 Å². The van der Waals surface area contributed by atoms with Crippen molar-refractivity contribution in [3.8, 4) is 0 Å². The lowest BCUT2D eigenvalue weighted by molar-refractivity contribution is -0.121. The van der Waals surface area contributed by atoms with Crippen LogP contribution in [-0.2, 0) is 11.2 Å². The molecule has 0 aliphatic carbocycles. The molecular formula is C16H27N3O3. The predicted molar refractivity (Wildman–Crippen MR) is 85.8 cm³/mol. The van der Waals surface area contributed by atoms with Gasteiger partial charge in [0.2, 0.25) is 5.91 Å². The molecule has 1 heterocycles. The number of aliphatic hydroxyl groups is 1. The second-order valence-electron chi connectivity index (χ2n) is 5.85. The van der Waals surface area contributed by atoms with Crippen molar-refractivity contribution in [1.82, 2.24) is 15.3 Å². The van der Waals surface area contributed by atoms with Crippen LogP contribution in [0.1, 0.15) is 50.2 Å². The summed E-state index contributed by atoms with van der Waals surface area (Å²) in [6.45, 7) is 8.19. The number of carbonyl (C=O) groups is 1. The number of aliphatic hydroxyl groups excluding tert-OH is 1. The maximum Gasteiger partial charge on any atom is 0.254 e. The van der Waals surface area contributed by atoms with E-state index in [9.17, 15) is 14.7 Å². The lowest BCUT2D eigenvalue weighted by atomic mass is 9.79. The molecule has 0 saturated heterocycles. The fraction of sp³-hybridized carbons (Fsp3) is 0.688. The molecule has 6 nitrogen and oxygen atoms in total. The molecule has 0 saturated carbocycles. The maximum atomic E-state index is 12.1. The maximum absolute atomic E-state index is 12.1. The molecule has 0 atom stereocenters. The third kappa shape index (κ3) is 4.66. The minimum Gasteiger partial charge on any atom is -0.396 e. The van der Waals surface area contributed by atoms with Gasteiger partial charge in [0.25, 0.3) is 5.56 Å². The molecule has 22 heavy (non-hydrogen) atoms. The van der Waals surface area contributed by atoms with Crippen LogP contribution in [0.25, 0.3) is 0 Å². The normalized spacial score (nSPS) is 11.5. The molecule has 3 N–H and O–H groups in total. The van der Waals surface area contributed by atoms with E-state index in [0.29, 0.717) is 30.0 Å². The fourth-order valence-corrected chi connectivity index (χ4v) is 2.65. The van der Waals surface area contributed by atoms with Crippen LogP contribution < -0.4 is 10.9 Å². The van der Waals surface area contributed by atoms with E-state index in [0.717, 1.165) is 12.8 Å². The molecule has 1 rings (SSSR count). The molecule has 0 radical (unpaired) electrons. The second kappa shape index (κ2) is 8.08. The summed E-state index contributed by atoms with van der Waals surface area (Å²) >= 11 is 0. The predicted octanol–water partition coefficient (Wildman–Crippen LogP) is 1.23. The average Bonchev–Trinajstić information content (AvgIpc) is 2.47. The van der Waals surface area contributed by atoms with Gasteiger partial charge in [0.1, 0.15) is 5.82 Å².